The standard InChI is InChI=1S/C25H36N2O3/c1-5-8-10-20(7-3)19-30-25(29)17-22(13-15-26-4)21-11-12-23(18-28)24(16-21)27-14-9-6-2/h9,12-18,20,26H,5-8,10-11,19H2,1-4H3/b14-9-,15-13-,22-17+,27-24?. The number of hydrogen-bond donors (Lipinski definition) is 1. The van der Waals surface area contributed by atoms with E-state index in [0.29, 0.717) is 30.2 Å². The third-order valence-corrected chi connectivity index (χ3v) is 4.91. The van der Waals surface area contributed by atoms with Gasteiger partial charge in [0, 0.05) is 24.9 Å². The van der Waals surface area contributed by atoms with Gasteiger partial charge in [-0.25, -0.2) is 4.79 Å². The topological polar surface area (TPSA) is 67.8 Å². The van der Waals surface area contributed by atoms with Crippen molar-refractivity contribution in [3.8, 4) is 0 Å². The van der Waals surface area contributed by atoms with Crippen molar-refractivity contribution < 1.29 is 14.3 Å². The molecule has 1 aliphatic rings. The predicted molar refractivity (Wildman–Crippen MR) is 124 cm³/mol. The van der Waals surface area contributed by atoms with E-state index in [9.17, 15) is 9.59 Å². The number of carbonyl (C=O) groups is 2. The number of esters is 1. The average molecular weight is 413 g/mol. The fraction of sp³-hybridized carbons (Fsp3) is 0.480. The summed E-state index contributed by atoms with van der Waals surface area (Å²) < 4.78 is 5.53. The third-order valence-electron chi connectivity index (χ3n) is 4.91. The maximum Gasteiger partial charge on any atom is 0.331 e. The summed E-state index contributed by atoms with van der Waals surface area (Å²) in [7, 11) is 1.80. The van der Waals surface area contributed by atoms with Crippen LogP contribution in [0.25, 0.3) is 0 Å². The summed E-state index contributed by atoms with van der Waals surface area (Å²) in [5.41, 5.74) is 2.80. The number of nitrogens with zero attached hydrogens (tertiary/aromatic N) is 1. The molecule has 5 nitrogen and oxygen atoms in total. The van der Waals surface area contributed by atoms with Crippen molar-refractivity contribution in [1.29, 1.82) is 0 Å². The molecule has 0 aliphatic heterocycles. The molecule has 0 aromatic carbocycles. The highest BCUT2D eigenvalue weighted by Crippen LogP contribution is 2.23. The van der Waals surface area contributed by atoms with Crippen LogP contribution < -0.4 is 5.32 Å². The van der Waals surface area contributed by atoms with E-state index in [-0.39, 0.29) is 5.97 Å². The van der Waals surface area contributed by atoms with Crippen molar-refractivity contribution in [3.63, 3.8) is 0 Å². The van der Waals surface area contributed by atoms with E-state index in [0.717, 1.165) is 49.5 Å². The van der Waals surface area contributed by atoms with E-state index in [1.807, 2.05) is 31.2 Å². The molecular weight excluding hydrogens is 376 g/mol. The Morgan fingerprint density at radius 1 is 1.33 bits per heavy atom. The second kappa shape index (κ2) is 15.2. The highest BCUT2D eigenvalue weighted by molar-refractivity contribution is 6.21. The second-order valence-corrected chi connectivity index (χ2v) is 7.23. The number of carbonyl (C=O) groups excluding carboxylic acids is 2. The van der Waals surface area contributed by atoms with Crippen molar-refractivity contribution in [1.82, 2.24) is 5.32 Å². The lowest BCUT2D eigenvalue weighted by atomic mass is 9.92. The largest absolute Gasteiger partial charge is 0.462 e. The van der Waals surface area contributed by atoms with E-state index >= 15 is 0 Å². The number of aliphatic imine (C=N–C) groups is 1. The summed E-state index contributed by atoms with van der Waals surface area (Å²) in [5, 5.41) is 2.95. The molecule has 1 N–H and O–H groups in total. The SMILES string of the molecule is CC/C=C\N=C1C=C(C(/C=C\NC)=C/C(=O)OCC(CC)CCCC)CC=C1C=O. The van der Waals surface area contributed by atoms with Crippen LogP contribution in [0.1, 0.15) is 59.3 Å². The number of nitrogens with one attached hydrogen (secondary N) is 1. The first-order valence-corrected chi connectivity index (χ1v) is 10.9. The van der Waals surface area contributed by atoms with Crippen molar-refractivity contribution in [2.24, 2.45) is 10.9 Å². The van der Waals surface area contributed by atoms with Gasteiger partial charge >= 0.3 is 5.97 Å². The highest BCUT2D eigenvalue weighted by Gasteiger charge is 2.15. The summed E-state index contributed by atoms with van der Waals surface area (Å²) in [5.74, 6) is 0.0470. The van der Waals surface area contributed by atoms with E-state index in [4.69, 9.17) is 4.74 Å². The number of allylic oxidation sites excluding steroid dienone is 7. The first-order valence-electron chi connectivity index (χ1n) is 10.9. The number of ether oxygens (including phenoxy) is 1. The van der Waals surface area contributed by atoms with Gasteiger partial charge in [0.2, 0.25) is 0 Å². The van der Waals surface area contributed by atoms with Gasteiger partial charge in [-0.3, -0.25) is 9.79 Å². The van der Waals surface area contributed by atoms with Gasteiger partial charge in [0.25, 0.3) is 0 Å². The van der Waals surface area contributed by atoms with Crippen molar-refractivity contribution in [3.05, 3.63) is 59.5 Å². The van der Waals surface area contributed by atoms with Gasteiger partial charge in [0.15, 0.2) is 6.29 Å². The Morgan fingerprint density at radius 2 is 2.13 bits per heavy atom. The summed E-state index contributed by atoms with van der Waals surface area (Å²) in [6.45, 7) is 6.76. The smallest absolute Gasteiger partial charge is 0.331 e. The van der Waals surface area contributed by atoms with E-state index < -0.39 is 0 Å². The van der Waals surface area contributed by atoms with Crippen LogP contribution in [-0.2, 0) is 14.3 Å². The zero-order valence-electron chi connectivity index (χ0n) is 18.8. The van der Waals surface area contributed by atoms with Gasteiger partial charge in [-0.1, -0.05) is 52.2 Å². The zero-order chi connectivity index (χ0) is 22.2. The lowest BCUT2D eigenvalue weighted by Crippen LogP contribution is -2.13. The first-order chi connectivity index (χ1) is 14.6. The van der Waals surface area contributed by atoms with Crippen LogP contribution in [0.4, 0.5) is 0 Å². The molecule has 5 heteroatoms. The van der Waals surface area contributed by atoms with Gasteiger partial charge in [-0.15, -0.1) is 0 Å². The molecule has 0 saturated heterocycles. The molecule has 164 valence electrons. The molecule has 1 atom stereocenters. The molecule has 0 amide bonds. The number of unbranched alkanes of at least 4 members (excludes halogenated alkanes) is 1. The minimum absolute atomic E-state index is 0.351. The Morgan fingerprint density at radius 3 is 2.77 bits per heavy atom. The average Bonchev–Trinajstić information content (AvgIpc) is 2.76. The molecule has 0 heterocycles. The molecule has 0 fully saturated rings. The molecule has 0 aromatic rings. The van der Waals surface area contributed by atoms with E-state index in [1.54, 1.807) is 19.4 Å². The van der Waals surface area contributed by atoms with Crippen LogP contribution in [-0.4, -0.2) is 31.6 Å². The Bertz CT molecular complexity index is 739. The number of aldehydes is 1. The van der Waals surface area contributed by atoms with Crippen molar-refractivity contribution in [2.45, 2.75) is 59.3 Å². The molecule has 1 unspecified atom stereocenters. The first kappa shape index (κ1) is 25.3. The monoisotopic (exact) mass is 412 g/mol. The Labute approximate surface area is 181 Å². The Kier molecular flexibility index (Phi) is 12.8. The highest BCUT2D eigenvalue weighted by atomic mass is 16.5. The molecule has 30 heavy (non-hydrogen) atoms. The van der Waals surface area contributed by atoms with Crippen molar-refractivity contribution >= 4 is 18.0 Å². The molecule has 0 bridgehead atoms. The molecule has 1 aliphatic carbocycles. The van der Waals surface area contributed by atoms with Crippen LogP contribution in [0.3, 0.4) is 0 Å². The number of rotatable bonds is 13. The Balaban J connectivity index is 3.03. The summed E-state index contributed by atoms with van der Waals surface area (Å²) in [6, 6.07) is 0. The minimum Gasteiger partial charge on any atom is -0.462 e. The lowest BCUT2D eigenvalue weighted by molar-refractivity contribution is -0.139. The van der Waals surface area contributed by atoms with Gasteiger partial charge in [-0.05, 0) is 54.7 Å². The van der Waals surface area contributed by atoms with Gasteiger partial charge in [-0.2, -0.15) is 0 Å². The molecular formula is C25H36N2O3. The fourth-order valence-electron chi connectivity index (χ4n) is 2.98. The van der Waals surface area contributed by atoms with Crippen LogP contribution in [0.2, 0.25) is 0 Å². The van der Waals surface area contributed by atoms with Crippen LogP contribution in [0.15, 0.2) is 64.5 Å². The quantitative estimate of drug-likeness (QED) is 0.195. The molecule has 0 saturated carbocycles. The summed E-state index contributed by atoms with van der Waals surface area (Å²) in [6.07, 6.45) is 19.0. The van der Waals surface area contributed by atoms with Crippen LogP contribution in [0.5, 0.6) is 0 Å². The zero-order valence-corrected chi connectivity index (χ0v) is 18.8. The van der Waals surface area contributed by atoms with E-state index in [2.05, 4.69) is 24.2 Å². The maximum absolute atomic E-state index is 12.5. The second-order valence-electron chi connectivity index (χ2n) is 7.23. The molecule has 0 radical (unpaired) electrons. The van der Waals surface area contributed by atoms with Crippen LogP contribution >= 0.6 is 0 Å². The molecule has 0 aromatic heterocycles. The molecule has 0 spiro atoms. The van der Waals surface area contributed by atoms with Gasteiger partial charge in [0.05, 0.1) is 12.3 Å². The predicted octanol–water partition coefficient (Wildman–Crippen LogP) is 5.23. The normalized spacial score (nSPS) is 17.2. The Hall–Kier alpha value is -2.69. The third kappa shape index (κ3) is 9.21. The minimum atomic E-state index is -0.351. The maximum atomic E-state index is 12.5. The molecule has 1 rings (SSSR count). The van der Waals surface area contributed by atoms with Gasteiger partial charge < -0.3 is 10.1 Å². The fourth-order valence-corrected chi connectivity index (χ4v) is 2.98. The van der Waals surface area contributed by atoms with Crippen LogP contribution in [0, 0.1) is 5.92 Å². The lowest BCUT2D eigenvalue weighted by Gasteiger charge is -2.15. The number of hydrogen-bond acceptors (Lipinski definition) is 5. The van der Waals surface area contributed by atoms with Gasteiger partial charge in [0.1, 0.15) is 0 Å². The van der Waals surface area contributed by atoms with Crippen molar-refractivity contribution in [2.75, 3.05) is 13.7 Å². The summed E-state index contributed by atoms with van der Waals surface area (Å²) in [4.78, 5) is 28.2. The van der Waals surface area contributed by atoms with E-state index in [1.165, 1.54) is 6.08 Å². The summed E-state index contributed by atoms with van der Waals surface area (Å²) >= 11 is 0.